The second kappa shape index (κ2) is 4.09. The minimum atomic E-state index is -0.171. The van der Waals surface area contributed by atoms with Gasteiger partial charge in [-0.15, -0.1) is 11.8 Å². The van der Waals surface area contributed by atoms with Crippen molar-refractivity contribution in [3.05, 3.63) is 26.0 Å². The fourth-order valence-electron chi connectivity index (χ4n) is 0.666. The second-order valence-corrected chi connectivity index (χ2v) is 4.60. The number of benzene rings is 1. The highest BCUT2D eigenvalue weighted by atomic mass is 127. The molecule has 0 radical (unpaired) electrons. The zero-order chi connectivity index (χ0) is 8.43. The van der Waals surface area contributed by atoms with Gasteiger partial charge in [0.1, 0.15) is 5.82 Å². The molecule has 0 saturated carbocycles. The zero-order valence-corrected chi connectivity index (χ0v) is 10.3. The molecule has 1 aromatic carbocycles. The Balaban J connectivity index is 3.25. The third kappa shape index (κ3) is 2.09. The van der Waals surface area contributed by atoms with Gasteiger partial charge in [0.15, 0.2) is 0 Å². The molecular weight excluding hydrogens is 342 g/mol. The first-order valence-electron chi connectivity index (χ1n) is 2.84. The van der Waals surface area contributed by atoms with Crippen molar-refractivity contribution < 1.29 is 4.39 Å². The fraction of sp³-hybridized carbons (Fsp3) is 0.143. The summed E-state index contributed by atoms with van der Waals surface area (Å²) in [7, 11) is 0. The Morgan fingerprint density at radius 1 is 1.55 bits per heavy atom. The molecule has 0 unspecified atom stereocenters. The van der Waals surface area contributed by atoms with E-state index in [-0.39, 0.29) is 5.82 Å². The van der Waals surface area contributed by atoms with Crippen molar-refractivity contribution in [2.24, 2.45) is 0 Å². The Labute approximate surface area is 91.2 Å². The van der Waals surface area contributed by atoms with E-state index in [1.807, 2.05) is 28.8 Å². The Kier molecular flexibility index (Phi) is 3.64. The number of hydrogen-bond donors (Lipinski definition) is 0. The normalized spacial score (nSPS) is 10.2. The van der Waals surface area contributed by atoms with Crippen LogP contribution in [-0.2, 0) is 0 Å². The van der Waals surface area contributed by atoms with E-state index in [2.05, 4.69) is 15.9 Å². The van der Waals surface area contributed by atoms with Crippen LogP contribution in [0.15, 0.2) is 21.5 Å². The Morgan fingerprint density at radius 3 is 2.73 bits per heavy atom. The average molecular weight is 347 g/mol. The van der Waals surface area contributed by atoms with Gasteiger partial charge in [0, 0.05) is 9.37 Å². The fourth-order valence-corrected chi connectivity index (χ4v) is 2.61. The molecule has 60 valence electrons. The minimum absolute atomic E-state index is 0.171. The summed E-state index contributed by atoms with van der Waals surface area (Å²) in [5.41, 5.74) is 0. The molecule has 11 heavy (non-hydrogen) atoms. The van der Waals surface area contributed by atoms with Crippen LogP contribution < -0.4 is 0 Å². The third-order valence-corrected chi connectivity index (χ3v) is 4.88. The number of thioether (sulfide) groups is 1. The second-order valence-electron chi connectivity index (χ2n) is 1.88. The lowest BCUT2D eigenvalue weighted by Crippen LogP contribution is -1.84. The highest BCUT2D eigenvalue weighted by Gasteiger charge is 2.06. The standard InChI is InChI=1S/C7H5BrFIS/c1-11-5-3-2-4(9)7(10)6(5)8/h2-3H,1H3. The van der Waals surface area contributed by atoms with Gasteiger partial charge in [0.25, 0.3) is 0 Å². The number of hydrogen-bond acceptors (Lipinski definition) is 1. The van der Waals surface area contributed by atoms with Crippen LogP contribution in [0.3, 0.4) is 0 Å². The van der Waals surface area contributed by atoms with Crippen LogP contribution in [-0.4, -0.2) is 6.26 Å². The number of halogens is 3. The number of rotatable bonds is 1. The van der Waals surface area contributed by atoms with Crippen LogP contribution >= 0.6 is 50.3 Å². The molecule has 0 nitrogen and oxygen atoms in total. The quantitative estimate of drug-likeness (QED) is 0.422. The molecule has 0 saturated heterocycles. The molecule has 0 amide bonds. The van der Waals surface area contributed by atoms with Gasteiger partial charge in [-0.2, -0.15) is 0 Å². The van der Waals surface area contributed by atoms with E-state index >= 15 is 0 Å². The monoisotopic (exact) mass is 346 g/mol. The van der Waals surface area contributed by atoms with Crippen LogP contribution in [0.2, 0.25) is 0 Å². The van der Waals surface area contributed by atoms with E-state index in [0.29, 0.717) is 3.57 Å². The van der Waals surface area contributed by atoms with E-state index in [4.69, 9.17) is 0 Å². The smallest absolute Gasteiger partial charge is 0.137 e. The van der Waals surface area contributed by atoms with Crippen LogP contribution in [0.5, 0.6) is 0 Å². The molecule has 0 atom stereocenters. The largest absolute Gasteiger partial charge is 0.206 e. The van der Waals surface area contributed by atoms with Gasteiger partial charge in [0.05, 0.1) is 3.57 Å². The molecule has 0 fully saturated rings. The van der Waals surface area contributed by atoms with E-state index < -0.39 is 0 Å². The molecule has 0 aliphatic rings. The Hall–Kier alpha value is 0.710. The summed E-state index contributed by atoms with van der Waals surface area (Å²) in [6, 6.07) is 3.25. The highest BCUT2D eigenvalue weighted by molar-refractivity contribution is 14.1. The van der Waals surface area contributed by atoms with Gasteiger partial charge in [-0.25, -0.2) is 4.39 Å². The van der Waals surface area contributed by atoms with Crippen molar-refractivity contribution in [2.45, 2.75) is 4.90 Å². The predicted molar refractivity (Wildman–Crippen MR) is 58.6 cm³/mol. The van der Waals surface area contributed by atoms with Crippen LogP contribution in [0.4, 0.5) is 4.39 Å². The van der Waals surface area contributed by atoms with Gasteiger partial charge in [-0.1, -0.05) is 0 Å². The highest BCUT2D eigenvalue weighted by Crippen LogP contribution is 2.31. The van der Waals surface area contributed by atoms with Crippen LogP contribution in [0.1, 0.15) is 0 Å². The molecule has 0 aromatic heterocycles. The lowest BCUT2D eigenvalue weighted by atomic mass is 10.3. The maximum atomic E-state index is 12.8. The molecule has 0 aliphatic carbocycles. The van der Waals surface area contributed by atoms with Crippen molar-refractivity contribution in [3.8, 4) is 0 Å². The van der Waals surface area contributed by atoms with Gasteiger partial charge >= 0.3 is 0 Å². The molecule has 1 aromatic rings. The first-order valence-corrected chi connectivity index (χ1v) is 5.94. The van der Waals surface area contributed by atoms with Crippen molar-refractivity contribution in [1.29, 1.82) is 0 Å². The van der Waals surface area contributed by atoms with Crippen molar-refractivity contribution in [3.63, 3.8) is 0 Å². The zero-order valence-electron chi connectivity index (χ0n) is 5.70. The first kappa shape index (κ1) is 9.80. The molecule has 0 bridgehead atoms. The Bertz CT molecular complexity index is 277. The molecule has 0 spiro atoms. The maximum Gasteiger partial charge on any atom is 0.137 e. The average Bonchev–Trinajstić information content (AvgIpc) is 2.01. The first-order chi connectivity index (χ1) is 5.16. The molecule has 0 heterocycles. The van der Waals surface area contributed by atoms with E-state index in [1.165, 1.54) is 6.07 Å². The summed E-state index contributed by atoms with van der Waals surface area (Å²) >= 11 is 6.91. The maximum absolute atomic E-state index is 12.8. The van der Waals surface area contributed by atoms with E-state index in [1.54, 1.807) is 17.8 Å². The van der Waals surface area contributed by atoms with Crippen molar-refractivity contribution >= 4 is 50.3 Å². The van der Waals surface area contributed by atoms with Gasteiger partial charge in [-0.3, -0.25) is 0 Å². The molecular formula is C7H5BrFIS. The van der Waals surface area contributed by atoms with Crippen molar-refractivity contribution in [2.75, 3.05) is 6.26 Å². The Morgan fingerprint density at radius 2 is 2.18 bits per heavy atom. The third-order valence-electron chi connectivity index (χ3n) is 1.22. The minimum Gasteiger partial charge on any atom is -0.206 e. The van der Waals surface area contributed by atoms with Crippen LogP contribution in [0.25, 0.3) is 0 Å². The SMILES string of the molecule is CSc1ccc(F)c(I)c1Br. The summed E-state index contributed by atoms with van der Waals surface area (Å²) in [5.74, 6) is -0.171. The summed E-state index contributed by atoms with van der Waals surface area (Å²) in [6.45, 7) is 0. The lowest BCUT2D eigenvalue weighted by Gasteiger charge is -2.02. The topological polar surface area (TPSA) is 0 Å². The lowest BCUT2D eigenvalue weighted by molar-refractivity contribution is 0.617. The van der Waals surface area contributed by atoms with Crippen LogP contribution in [0, 0.1) is 9.39 Å². The molecule has 4 heteroatoms. The molecule has 0 aliphatic heterocycles. The predicted octanol–water partition coefficient (Wildman–Crippen LogP) is 3.91. The van der Waals surface area contributed by atoms with Gasteiger partial charge in [-0.05, 0) is 56.9 Å². The van der Waals surface area contributed by atoms with E-state index in [0.717, 1.165) is 9.37 Å². The van der Waals surface area contributed by atoms with E-state index in [9.17, 15) is 4.39 Å². The summed E-state index contributed by atoms with van der Waals surface area (Å²) in [4.78, 5) is 1.07. The summed E-state index contributed by atoms with van der Waals surface area (Å²) < 4.78 is 14.3. The van der Waals surface area contributed by atoms with Gasteiger partial charge in [0.2, 0.25) is 0 Å². The van der Waals surface area contributed by atoms with Crippen molar-refractivity contribution in [1.82, 2.24) is 0 Å². The molecule has 1 rings (SSSR count). The van der Waals surface area contributed by atoms with Gasteiger partial charge < -0.3 is 0 Å². The summed E-state index contributed by atoms with van der Waals surface area (Å²) in [5, 5.41) is 0. The summed E-state index contributed by atoms with van der Waals surface area (Å²) in [6.07, 6.45) is 1.97. The molecule has 0 N–H and O–H groups in total.